The molecule has 33 heavy (non-hydrogen) atoms. The van der Waals surface area contributed by atoms with E-state index >= 15 is 0 Å². The smallest absolute Gasteiger partial charge is 0.230 e. The van der Waals surface area contributed by atoms with Gasteiger partial charge in [0.15, 0.2) is 11.5 Å². The first-order valence-corrected chi connectivity index (χ1v) is 11.9. The molecule has 1 fully saturated rings. The van der Waals surface area contributed by atoms with Crippen LogP contribution in [0.25, 0.3) is 10.6 Å². The molecular formula is C24H27ClN4O3S. The third-order valence-corrected chi connectivity index (χ3v) is 6.78. The summed E-state index contributed by atoms with van der Waals surface area (Å²) in [5, 5.41) is 6.36. The summed E-state index contributed by atoms with van der Waals surface area (Å²) in [6.45, 7) is 3.77. The zero-order chi connectivity index (χ0) is 23.4. The number of anilines is 2. The Morgan fingerprint density at radius 3 is 2.58 bits per heavy atom. The van der Waals surface area contributed by atoms with Crippen molar-refractivity contribution < 1.29 is 14.3 Å². The number of ether oxygens (including phenoxy) is 2. The van der Waals surface area contributed by atoms with Crippen LogP contribution in [0.3, 0.4) is 0 Å². The van der Waals surface area contributed by atoms with Crippen LogP contribution >= 0.6 is 22.9 Å². The Labute approximate surface area is 202 Å². The molecule has 0 bridgehead atoms. The highest BCUT2D eigenvalue weighted by atomic mass is 35.5. The second kappa shape index (κ2) is 10.4. The summed E-state index contributed by atoms with van der Waals surface area (Å²) in [4.78, 5) is 22.1. The number of nitrogens with one attached hydrogen (secondary N) is 1. The minimum atomic E-state index is -0.128. The molecule has 174 valence electrons. The average molecular weight is 487 g/mol. The molecule has 2 heterocycles. The van der Waals surface area contributed by atoms with E-state index in [0.717, 1.165) is 48.1 Å². The Balaban J connectivity index is 1.46. The first kappa shape index (κ1) is 23.4. The second-order valence-corrected chi connectivity index (χ2v) is 9.19. The first-order chi connectivity index (χ1) is 16.0. The number of nitrogens with zero attached hydrogens (tertiary/aromatic N) is 3. The first-order valence-electron chi connectivity index (χ1n) is 10.7. The van der Waals surface area contributed by atoms with Gasteiger partial charge in [-0.05, 0) is 43.4 Å². The maximum Gasteiger partial charge on any atom is 0.230 e. The maximum absolute atomic E-state index is 12.9. The van der Waals surface area contributed by atoms with Gasteiger partial charge in [-0.25, -0.2) is 4.98 Å². The van der Waals surface area contributed by atoms with Crippen LogP contribution in [-0.4, -0.2) is 63.2 Å². The van der Waals surface area contributed by atoms with Crippen molar-refractivity contribution in [2.24, 2.45) is 0 Å². The van der Waals surface area contributed by atoms with Crippen LogP contribution in [0.1, 0.15) is 5.69 Å². The SMILES string of the molecule is COc1ccc(-c2nc(CC(=O)Nc3cc(Cl)ccc3N3CCN(C)CC3)cs2)cc1OC. The minimum absolute atomic E-state index is 0.128. The molecule has 1 aliphatic rings. The molecule has 4 rings (SSSR count). The van der Waals surface area contributed by atoms with E-state index in [9.17, 15) is 4.79 Å². The van der Waals surface area contributed by atoms with Crippen LogP contribution in [0.15, 0.2) is 41.8 Å². The molecule has 1 aromatic heterocycles. The summed E-state index contributed by atoms with van der Waals surface area (Å²) in [5.74, 6) is 1.17. The van der Waals surface area contributed by atoms with Crippen molar-refractivity contribution in [2.45, 2.75) is 6.42 Å². The average Bonchev–Trinajstić information content (AvgIpc) is 3.27. The lowest BCUT2D eigenvalue weighted by Gasteiger charge is -2.35. The molecule has 1 N–H and O–H groups in total. The highest BCUT2D eigenvalue weighted by Gasteiger charge is 2.19. The van der Waals surface area contributed by atoms with Crippen molar-refractivity contribution in [3.63, 3.8) is 0 Å². The van der Waals surface area contributed by atoms with Crippen LogP contribution < -0.4 is 19.7 Å². The van der Waals surface area contributed by atoms with E-state index in [1.54, 1.807) is 14.2 Å². The summed E-state index contributed by atoms with van der Waals surface area (Å²) in [6, 6.07) is 11.3. The number of hydrogen-bond donors (Lipinski definition) is 1. The minimum Gasteiger partial charge on any atom is -0.493 e. The van der Waals surface area contributed by atoms with Crippen molar-refractivity contribution in [1.29, 1.82) is 0 Å². The molecule has 0 atom stereocenters. The molecule has 0 spiro atoms. The molecule has 3 aromatic rings. The largest absolute Gasteiger partial charge is 0.493 e. The predicted octanol–water partition coefficient (Wildman–Crippen LogP) is 4.41. The van der Waals surface area contributed by atoms with Gasteiger partial charge in [-0.1, -0.05) is 11.6 Å². The number of amides is 1. The number of aromatic nitrogens is 1. The Morgan fingerprint density at radius 1 is 1.09 bits per heavy atom. The molecule has 2 aromatic carbocycles. The molecular weight excluding hydrogens is 460 g/mol. The summed E-state index contributed by atoms with van der Waals surface area (Å²) >= 11 is 7.72. The van der Waals surface area contributed by atoms with Gasteiger partial charge in [-0.3, -0.25) is 4.79 Å². The fraction of sp³-hybridized carbons (Fsp3) is 0.333. The third-order valence-electron chi connectivity index (χ3n) is 5.60. The number of carbonyl (C=O) groups excluding carboxylic acids is 1. The van der Waals surface area contributed by atoms with Crippen LogP contribution in [-0.2, 0) is 11.2 Å². The van der Waals surface area contributed by atoms with Crippen molar-refractivity contribution in [1.82, 2.24) is 9.88 Å². The summed E-state index contributed by atoms with van der Waals surface area (Å²) in [6.07, 6.45) is 0.179. The highest BCUT2D eigenvalue weighted by molar-refractivity contribution is 7.13. The summed E-state index contributed by atoms with van der Waals surface area (Å²) < 4.78 is 10.7. The van der Waals surface area contributed by atoms with Crippen LogP contribution in [0, 0.1) is 0 Å². The number of methoxy groups -OCH3 is 2. The Hall–Kier alpha value is -2.81. The standard InChI is InChI=1S/C24H27ClN4O3S/c1-28-8-10-29(11-9-28)20-6-5-17(25)13-19(20)27-23(30)14-18-15-33-24(26-18)16-4-7-21(31-2)22(12-16)32-3/h4-7,12-13,15H,8-11,14H2,1-3H3,(H,27,30). The molecule has 1 saturated heterocycles. The molecule has 0 saturated carbocycles. The van der Waals surface area contributed by atoms with E-state index in [0.29, 0.717) is 22.2 Å². The van der Waals surface area contributed by atoms with Crippen molar-refractivity contribution in [3.8, 4) is 22.1 Å². The summed E-state index contributed by atoms with van der Waals surface area (Å²) in [5.41, 5.74) is 3.35. The molecule has 9 heteroatoms. The topological polar surface area (TPSA) is 66.9 Å². The zero-order valence-electron chi connectivity index (χ0n) is 18.9. The fourth-order valence-corrected chi connectivity index (χ4v) is 4.77. The Kier molecular flexibility index (Phi) is 7.37. The molecule has 1 amide bonds. The van der Waals surface area contributed by atoms with Gasteiger partial charge in [-0.2, -0.15) is 0 Å². The zero-order valence-corrected chi connectivity index (χ0v) is 20.5. The highest BCUT2D eigenvalue weighted by Crippen LogP contribution is 2.34. The third kappa shape index (κ3) is 5.58. The van der Waals surface area contributed by atoms with E-state index in [1.807, 2.05) is 41.8 Å². The number of likely N-dealkylation sites (N-methyl/N-ethyl adjacent to an activating group) is 1. The van der Waals surface area contributed by atoms with Crippen LogP contribution in [0.2, 0.25) is 5.02 Å². The number of benzene rings is 2. The van der Waals surface area contributed by atoms with Gasteiger partial charge in [0.05, 0.1) is 37.7 Å². The maximum atomic E-state index is 12.9. The lowest BCUT2D eigenvalue weighted by atomic mass is 10.2. The number of thiazole rings is 1. The van der Waals surface area contributed by atoms with Crippen LogP contribution in [0.4, 0.5) is 11.4 Å². The van der Waals surface area contributed by atoms with Gasteiger partial charge in [0.2, 0.25) is 5.91 Å². The number of halogens is 1. The molecule has 7 nitrogen and oxygen atoms in total. The normalized spacial score (nSPS) is 14.2. The lowest BCUT2D eigenvalue weighted by molar-refractivity contribution is -0.115. The lowest BCUT2D eigenvalue weighted by Crippen LogP contribution is -2.44. The van der Waals surface area contributed by atoms with Gasteiger partial charge in [0.25, 0.3) is 0 Å². The Bertz CT molecular complexity index is 1130. The molecule has 1 aliphatic heterocycles. The van der Waals surface area contributed by atoms with Crippen molar-refractivity contribution in [2.75, 3.05) is 57.7 Å². The monoisotopic (exact) mass is 486 g/mol. The molecule has 0 radical (unpaired) electrons. The van der Waals surface area contributed by atoms with E-state index in [-0.39, 0.29) is 12.3 Å². The van der Waals surface area contributed by atoms with E-state index in [2.05, 4.69) is 27.1 Å². The number of rotatable bonds is 7. The van der Waals surface area contributed by atoms with Gasteiger partial charge < -0.3 is 24.6 Å². The second-order valence-electron chi connectivity index (χ2n) is 7.89. The van der Waals surface area contributed by atoms with Gasteiger partial charge >= 0.3 is 0 Å². The summed E-state index contributed by atoms with van der Waals surface area (Å²) in [7, 11) is 5.32. The fourth-order valence-electron chi connectivity index (χ4n) is 3.78. The van der Waals surface area contributed by atoms with Gasteiger partial charge in [0, 0.05) is 42.1 Å². The van der Waals surface area contributed by atoms with Gasteiger partial charge in [-0.15, -0.1) is 11.3 Å². The van der Waals surface area contributed by atoms with E-state index in [1.165, 1.54) is 11.3 Å². The molecule has 0 unspecified atom stereocenters. The number of piperazine rings is 1. The number of carbonyl (C=O) groups is 1. The number of hydrogen-bond acceptors (Lipinski definition) is 7. The Morgan fingerprint density at radius 2 is 1.85 bits per heavy atom. The van der Waals surface area contributed by atoms with E-state index in [4.69, 9.17) is 21.1 Å². The van der Waals surface area contributed by atoms with E-state index < -0.39 is 0 Å². The van der Waals surface area contributed by atoms with Crippen molar-refractivity contribution in [3.05, 3.63) is 52.5 Å². The predicted molar refractivity (Wildman–Crippen MR) is 134 cm³/mol. The van der Waals surface area contributed by atoms with Gasteiger partial charge in [0.1, 0.15) is 5.01 Å². The van der Waals surface area contributed by atoms with Crippen molar-refractivity contribution >= 4 is 40.2 Å². The quantitative estimate of drug-likeness (QED) is 0.533. The molecule has 0 aliphatic carbocycles. The van der Waals surface area contributed by atoms with Crippen LogP contribution in [0.5, 0.6) is 11.5 Å².